The van der Waals surface area contributed by atoms with Gasteiger partial charge in [-0.25, -0.2) is 0 Å². The lowest BCUT2D eigenvalue weighted by molar-refractivity contribution is 0.219. The third kappa shape index (κ3) is 4.14. The second kappa shape index (κ2) is 7.93. The summed E-state index contributed by atoms with van der Waals surface area (Å²) in [6.45, 7) is 3.94. The summed E-state index contributed by atoms with van der Waals surface area (Å²) in [6, 6.07) is 6.16. The minimum absolute atomic E-state index is 0.147. The highest BCUT2D eigenvalue weighted by atomic mass is 16.5. The fraction of sp³-hybridized carbons (Fsp3) is 0.529. The SMILES string of the molecule is CCCNC(C1=COCCC1)c1cc(OC)cc(OC)c1. The molecule has 0 fully saturated rings. The predicted octanol–water partition coefficient (Wildman–Crippen LogP) is 3.44. The Balaban J connectivity index is 2.32. The molecule has 0 saturated carbocycles. The van der Waals surface area contributed by atoms with Crippen molar-refractivity contribution in [1.82, 2.24) is 5.32 Å². The zero-order valence-electron chi connectivity index (χ0n) is 13.1. The van der Waals surface area contributed by atoms with Crippen molar-refractivity contribution < 1.29 is 14.2 Å². The van der Waals surface area contributed by atoms with Crippen LogP contribution in [-0.2, 0) is 4.74 Å². The van der Waals surface area contributed by atoms with Crippen molar-refractivity contribution in [2.24, 2.45) is 0 Å². The quantitative estimate of drug-likeness (QED) is 0.835. The van der Waals surface area contributed by atoms with E-state index in [0.29, 0.717) is 0 Å². The van der Waals surface area contributed by atoms with E-state index in [1.165, 1.54) is 5.57 Å². The van der Waals surface area contributed by atoms with Crippen LogP contribution in [-0.4, -0.2) is 27.4 Å². The minimum atomic E-state index is 0.147. The van der Waals surface area contributed by atoms with Crippen LogP contribution in [0.1, 0.15) is 37.8 Å². The van der Waals surface area contributed by atoms with Crippen LogP contribution in [0.4, 0.5) is 0 Å². The Hall–Kier alpha value is -1.68. The fourth-order valence-electron chi connectivity index (χ4n) is 2.54. The van der Waals surface area contributed by atoms with Crippen molar-refractivity contribution in [3.63, 3.8) is 0 Å². The summed E-state index contributed by atoms with van der Waals surface area (Å²) in [4.78, 5) is 0. The lowest BCUT2D eigenvalue weighted by Crippen LogP contribution is -2.25. The minimum Gasteiger partial charge on any atom is -0.501 e. The topological polar surface area (TPSA) is 39.7 Å². The molecule has 4 nitrogen and oxygen atoms in total. The molecular formula is C17H25NO3. The van der Waals surface area contributed by atoms with E-state index >= 15 is 0 Å². The summed E-state index contributed by atoms with van der Waals surface area (Å²) in [5, 5.41) is 3.60. The molecule has 0 aromatic heterocycles. The van der Waals surface area contributed by atoms with Crippen molar-refractivity contribution in [2.75, 3.05) is 27.4 Å². The van der Waals surface area contributed by atoms with Gasteiger partial charge in [0, 0.05) is 6.07 Å². The van der Waals surface area contributed by atoms with Crippen LogP contribution in [0.25, 0.3) is 0 Å². The van der Waals surface area contributed by atoms with Gasteiger partial charge in [0.05, 0.1) is 33.1 Å². The molecule has 21 heavy (non-hydrogen) atoms. The maximum Gasteiger partial charge on any atom is 0.122 e. The molecule has 116 valence electrons. The van der Waals surface area contributed by atoms with Crippen LogP contribution in [0.15, 0.2) is 30.0 Å². The summed E-state index contributed by atoms with van der Waals surface area (Å²) in [5.74, 6) is 1.62. The zero-order chi connectivity index (χ0) is 15.1. The standard InChI is InChI=1S/C17H25NO3/c1-4-7-18-17(13-6-5-8-21-12-13)14-9-15(19-2)11-16(10-14)20-3/h9-12,17-18H,4-8H2,1-3H3. The predicted molar refractivity (Wildman–Crippen MR) is 83.8 cm³/mol. The Labute approximate surface area is 127 Å². The summed E-state index contributed by atoms with van der Waals surface area (Å²) in [7, 11) is 3.35. The van der Waals surface area contributed by atoms with E-state index in [9.17, 15) is 0 Å². The molecule has 1 aromatic carbocycles. The van der Waals surface area contributed by atoms with E-state index in [2.05, 4.69) is 24.4 Å². The van der Waals surface area contributed by atoms with Gasteiger partial charge in [-0.1, -0.05) is 6.92 Å². The van der Waals surface area contributed by atoms with Crippen LogP contribution < -0.4 is 14.8 Å². The molecule has 0 aliphatic carbocycles. The molecule has 0 saturated heterocycles. The molecule has 4 heteroatoms. The molecule has 0 radical (unpaired) electrons. The second-order valence-corrected chi connectivity index (χ2v) is 5.20. The van der Waals surface area contributed by atoms with E-state index < -0.39 is 0 Å². The number of hydrogen-bond acceptors (Lipinski definition) is 4. The molecule has 1 aromatic rings. The maximum absolute atomic E-state index is 5.51. The average molecular weight is 291 g/mol. The molecule has 1 aliphatic rings. The van der Waals surface area contributed by atoms with Crippen molar-refractivity contribution in [3.8, 4) is 11.5 Å². The van der Waals surface area contributed by atoms with Gasteiger partial charge in [-0.05, 0) is 49.1 Å². The van der Waals surface area contributed by atoms with Crippen LogP contribution >= 0.6 is 0 Å². The number of benzene rings is 1. The van der Waals surface area contributed by atoms with E-state index in [-0.39, 0.29) is 6.04 Å². The molecule has 2 rings (SSSR count). The first-order chi connectivity index (χ1) is 10.3. The number of methoxy groups -OCH3 is 2. The molecular weight excluding hydrogens is 266 g/mol. The van der Waals surface area contributed by atoms with Crippen LogP contribution in [0.2, 0.25) is 0 Å². The van der Waals surface area contributed by atoms with Crippen molar-refractivity contribution in [2.45, 2.75) is 32.2 Å². The lowest BCUT2D eigenvalue weighted by atomic mass is 9.94. The largest absolute Gasteiger partial charge is 0.501 e. The Morgan fingerprint density at radius 1 is 1.19 bits per heavy atom. The van der Waals surface area contributed by atoms with Crippen LogP contribution in [0, 0.1) is 0 Å². The van der Waals surface area contributed by atoms with Gasteiger partial charge in [0.15, 0.2) is 0 Å². The average Bonchev–Trinajstić information content (AvgIpc) is 2.55. The maximum atomic E-state index is 5.51. The Morgan fingerprint density at radius 3 is 2.43 bits per heavy atom. The first-order valence-corrected chi connectivity index (χ1v) is 7.55. The molecule has 1 atom stereocenters. The van der Waals surface area contributed by atoms with Gasteiger partial charge in [-0.3, -0.25) is 0 Å². The summed E-state index contributed by atoms with van der Waals surface area (Å²) in [5.41, 5.74) is 2.43. The smallest absolute Gasteiger partial charge is 0.122 e. The third-order valence-corrected chi connectivity index (χ3v) is 3.64. The number of hydrogen-bond donors (Lipinski definition) is 1. The first kappa shape index (κ1) is 15.7. The molecule has 1 aliphatic heterocycles. The molecule has 0 spiro atoms. The molecule has 0 bridgehead atoms. The van der Waals surface area contributed by atoms with Crippen molar-refractivity contribution in [1.29, 1.82) is 0 Å². The molecule has 1 unspecified atom stereocenters. The van der Waals surface area contributed by atoms with Gasteiger partial charge in [-0.15, -0.1) is 0 Å². The fourth-order valence-corrected chi connectivity index (χ4v) is 2.54. The van der Waals surface area contributed by atoms with Gasteiger partial charge in [-0.2, -0.15) is 0 Å². The van der Waals surface area contributed by atoms with E-state index in [0.717, 1.165) is 49.5 Å². The number of rotatable bonds is 7. The highest BCUT2D eigenvalue weighted by Gasteiger charge is 2.20. The van der Waals surface area contributed by atoms with Crippen LogP contribution in [0.5, 0.6) is 11.5 Å². The van der Waals surface area contributed by atoms with Gasteiger partial charge < -0.3 is 19.5 Å². The van der Waals surface area contributed by atoms with E-state index in [1.54, 1.807) is 14.2 Å². The lowest BCUT2D eigenvalue weighted by Gasteiger charge is -2.25. The Morgan fingerprint density at radius 2 is 1.90 bits per heavy atom. The van der Waals surface area contributed by atoms with Crippen molar-refractivity contribution in [3.05, 3.63) is 35.6 Å². The number of ether oxygens (including phenoxy) is 3. The Kier molecular flexibility index (Phi) is 5.93. The first-order valence-electron chi connectivity index (χ1n) is 7.55. The summed E-state index contributed by atoms with van der Waals surface area (Å²) < 4.78 is 16.3. The summed E-state index contributed by atoms with van der Waals surface area (Å²) in [6.07, 6.45) is 5.12. The summed E-state index contributed by atoms with van der Waals surface area (Å²) >= 11 is 0. The van der Waals surface area contributed by atoms with E-state index in [1.807, 2.05) is 12.3 Å². The zero-order valence-corrected chi connectivity index (χ0v) is 13.1. The van der Waals surface area contributed by atoms with Crippen molar-refractivity contribution >= 4 is 0 Å². The van der Waals surface area contributed by atoms with Crippen LogP contribution in [0.3, 0.4) is 0 Å². The Bertz CT molecular complexity index is 463. The van der Waals surface area contributed by atoms with E-state index in [4.69, 9.17) is 14.2 Å². The number of nitrogens with one attached hydrogen (secondary N) is 1. The highest BCUT2D eigenvalue weighted by molar-refractivity contribution is 5.42. The second-order valence-electron chi connectivity index (χ2n) is 5.20. The van der Waals surface area contributed by atoms with Gasteiger partial charge in [0.1, 0.15) is 11.5 Å². The molecule has 1 heterocycles. The molecule has 1 N–H and O–H groups in total. The van der Waals surface area contributed by atoms with Gasteiger partial charge in [0.25, 0.3) is 0 Å². The molecule has 0 amide bonds. The van der Waals surface area contributed by atoms with Gasteiger partial charge >= 0.3 is 0 Å². The third-order valence-electron chi connectivity index (χ3n) is 3.64. The monoisotopic (exact) mass is 291 g/mol. The normalized spacial score (nSPS) is 15.9. The van der Waals surface area contributed by atoms with Gasteiger partial charge in [0.2, 0.25) is 0 Å². The highest BCUT2D eigenvalue weighted by Crippen LogP contribution is 2.32.